The molecule has 2 rings (SSSR count). The summed E-state index contributed by atoms with van der Waals surface area (Å²) in [5.74, 6) is -0.964. The van der Waals surface area contributed by atoms with Crippen molar-refractivity contribution < 1.29 is 14.4 Å². The maximum atomic E-state index is 12.0. The van der Waals surface area contributed by atoms with Crippen molar-refractivity contribution in [3.8, 4) is 0 Å². The minimum Gasteiger partial charge on any atom is -0.350 e. The highest BCUT2D eigenvalue weighted by Crippen LogP contribution is 2.22. The van der Waals surface area contributed by atoms with Gasteiger partial charge in [-0.3, -0.25) is 19.3 Å². The molecule has 1 aliphatic rings. The molecule has 0 aliphatic carbocycles. The number of imide groups is 1. The van der Waals surface area contributed by atoms with Crippen LogP contribution in [0.15, 0.2) is 18.2 Å². The van der Waals surface area contributed by atoms with E-state index >= 15 is 0 Å². The van der Waals surface area contributed by atoms with Crippen LogP contribution in [0.5, 0.6) is 0 Å². The van der Waals surface area contributed by atoms with Crippen LogP contribution in [0.2, 0.25) is 0 Å². The van der Waals surface area contributed by atoms with Crippen LogP contribution in [-0.4, -0.2) is 49.3 Å². The summed E-state index contributed by atoms with van der Waals surface area (Å²) in [7, 11) is 3.24. The van der Waals surface area contributed by atoms with Crippen LogP contribution >= 0.6 is 12.4 Å². The summed E-state index contributed by atoms with van der Waals surface area (Å²) in [6.07, 6.45) is 0. The molecular formula is C14H18ClN3O3. The minimum atomic E-state index is -0.372. The molecule has 0 saturated carbocycles. The number of halogens is 1. The summed E-state index contributed by atoms with van der Waals surface area (Å²) in [6.45, 7) is 2.43. The van der Waals surface area contributed by atoms with Crippen LogP contribution in [0.3, 0.4) is 0 Å². The van der Waals surface area contributed by atoms with Gasteiger partial charge >= 0.3 is 0 Å². The molecule has 1 aromatic carbocycles. The van der Waals surface area contributed by atoms with Crippen molar-refractivity contribution in [2.24, 2.45) is 0 Å². The second kappa shape index (κ2) is 6.69. The molecule has 21 heavy (non-hydrogen) atoms. The fraction of sp³-hybridized carbons (Fsp3) is 0.357. The number of benzene rings is 1. The van der Waals surface area contributed by atoms with Gasteiger partial charge in [0.2, 0.25) is 0 Å². The van der Waals surface area contributed by atoms with E-state index in [0.29, 0.717) is 17.7 Å². The average molecular weight is 312 g/mol. The molecule has 1 heterocycles. The van der Waals surface area contributed by atoms with Gasteiger partial charge in [-0.25, -0.2) is 0 Å². The highest BCUT2D eigenvalue weighted by Gasteiger charge is 2.33. The molecule has 1 atom stereocenters. The Morgan fingerprint density at radius 3 is 2.48 bits per heavy atom. The molecule has 7 heteroatoms. The highest BCUT2D eigenvalue weighted by molar-refractivity contribution is 6.21. The number of likely N-dealkylation sites (N-methyl/N-ethyl adjacent to an activating group) is 1. The van der Waals surface area contributed by atoms with E-state index in [4.69, 9.17) is 0 Å². The third-order valence-electron chi connectivity index (χ3n) is 3.41. The molecule has 1 unspecified atom stereocenters. The SMILES string of the molecule is CNC(C)CNC(=O)c1ccc2c(c1)C(=O)N(C)C2=O.Cl. The molecule has 0 bridgehead atoms. The van der Waals surface area contributed by atoms with Crippen LogP contribution in [-0.2, 0) is 0 Å². The zero-order valence-electron chi connectivity index (χ0n) is 12.1. The van der Waals surface area contributed by atoms with E-state index in [1.54, 1.807) is 6.07 Å². The Morgan fingerprint density at radius 1 is 1.24 bits per heavy atom. The lowest BCUT2D eigenvalue weighted by molar-refractivity contribution is 0.0693. The third kappa shape index (κ3) is 3.22. The van der Waals surface area contributed by atoms with Crippen molar-refractivity contribution in [1.29, 1.82) is 0 Å². The lowest BCUT2D eigenvalue weighted by Gasteiger charge is -2.11. The second-order valence-corrected chi connectivity index (χ2v) is 4.83. The Hall–Kier alpha value is -1.92. The minimum absolute atomic E-state index is 0. The van der Waals surface area contributed by atoms with E-state index in [0.717, 1.165) is 4.90 Å². The Bertz CT molecular complexity index is 589. The average Bonchev–Trinajstić information content (AvgIpc) is 2.68. The molecule has 2 N–H and O–H groups in total. The first-order valence-corrected chi connectivity index (χ1v) is 6.37. The van der Waals surface area contributed by atoms with Gasteiger partial charge in [-0.1, -0.05) is 0 Å². The fourth-order valence-electron chi connectivity index (χ4n) is 1.95. The van der Waals surface area contributed by atoms with Crippen molar-refractivity contribution in [1.82, 2.24) is 15.5 Å². The van der Waals surface area contributed by atoms with Gasteiger partial charge in [0.15, 0.2) is 0 Å². The quantitative estimate of drug-likeness (QED) is 0.801. The second-order valence-electron chi connectivity index (χ2n) is 4.83. The Kier molecular flexibility index (Phi) is 5.46. The van der Waals surface area contributed by atoms with Gasteiger partial charge in [0.25, 0.3) is 17.7 Å². The number of amides is 3. The number of nitrogens with zero attached hydrogens (tertiary/aromatic N) is 1. The van der Waals surface area contributed by atoms with Crippen LogP contribution in [0, 0.1) is 0 Å². The topological polar surface area (TPSA) is 78.5 Å². The summed E-state index contributed by atoms with van der Waals surface area (Å²) in [4.78, 5) is 36.6. The predicted molar refractivity (Wildman–Crippen MR) is 81.0 cm³/mol. The predicted octanol–water partition coefficient (Wildman–Crippen LogP) is 0.672. The highest BCUT2D eigenvalue weighted by atomic mass is 35.5. The van der Waals surface area contributed by atoms with Crippen molar-refractivity contribution in [2.45, 2.75) is 13.0 Å². The molecule has 0 saturated heterocycles. The van der Waals surface area contributed by atoms with Crippen LogP contribution in [0.4, 0.5) is 0 Å². The number of hydrogen-bond acceptors (Lipinski definition) is 4. The number of rotatable bonds is 4. The van der Waals surface area contributed by atoms with E-state index in [1.165, 1.54) is 19.2 Å². The van der Waals surface area contributed by atoms with E-state index in [1.807, 2.05) is 14.0 Å². The maximum Gasteiger partial charge on any atom is 0.261 e. The van der Waals surface area contributed by atoms with E-state index in [9.17, 15) is 14.4 Å². The van der Waals surface area contributed by atoms with Crippen molar-refractivity contribution in [3.63, 3.8) is 0 Å². The summed E-state index contributed by atoms with van der Waals surface area (Å²) < 4.78 is 0. The number of nitrogens with one attached hydrogen (secondary N) is 2. The number of hydrogen-bond donors (Lipinski definition) is 2. The molecule has 6 nitrogen and oxygen atoms in total. The Morgan fingerprint density at radius 2 is 1.86 bits per heavy atom. The van der Waals surface area contributed by atoms with E-state index in [2.05, 4.69) is 10.6 Å². The fourth-order valence-corrected chi connectivity index (χ4v) is 1.95. The Labute approximate surface area is 129 Å². The largest absolute Gasteiger partial charge is 0.350 e. The lowest BCUT2D eigenvalue weighted by atomic mass is 10.1. The number of carbonyl (C=O) groups is 3. The van der Waals surface area contributed by atoms with Crippen molar-refractivity contribution in [2.75, 3.05) is 20.6 Å². The first kappa shape index (κ1) is 17.1. The smallest absolute Gasteiger partial charge is 0.261 e. The summed E-state index contributed by atoms with van der Waals surface area (Å²) >= 11 is 0. The monoisotopic (exact) mass is 311 g/mol. The molecule has 0 aromatic heterocycles. The molecule has 0 fully saturated rings. The molecule has 0 spiro atoms. The molecule has 3 amide bonds. The maximum absolute atomic E-state index is 12.0. The van der Waals surface area contributed by atoms with Gasteiger partial charge in [0.1, 0.15) is 0 Å². The standard InChI is InChI=1S/C14H17N3O3.ClH/c1-8(15-2)7-16-12(18)9-4-5-10-11(6-9)14(20)17(3)13(10)19;/h4-6,8,15H,7H2,1-3H3,(H,16,18);1H. The normalized spacial score (nSPS) is 14.5. The Balaban J connectivity index is 0.00000220. The van der Waals surface area contributed by atoms with E-state index in [-0.39, 0.29) is 41.7 Å². The zero-order valence-corrected chi connectivity index (χ0v) is 12.9. The van der Waals surface area contributed by atoms with Crippen LogP contribution in [0.1, 0.15) is 38.0 Å². The van der Waals surface area contributed by atoms with Crippen LogP contribution in [0.25, 0.3) is 0 Å². The van der Waals surface area contributed by atoms with Gasteiger partial charge in [0, 0.05) is 25.2 Å². The molecule has 114 valence electrons. The van der Waals surface area contributed by atoms with Gasteiger partial charge in [-0.2, -0.15) is 0 Å². The first-order valence-electron chi connectivity index (χ1n) is 6.37. The van der Waals surface area contributed by atoms with Gasteiger partial charge in [0.05, 0.1) is 11.1 Å². The van der Waals surface area contributed by atoms with E-state index < -0.39 is 0 Å². The van der Waals surface area contributed by atoms with Gasteiger partial charge in [-0.15, -0.1) is 12.4 Å². The van der Waals surface area contributed by atoms with Crippen LogP contribution < -0.4 is 10.6 Å². The summed E-state index contributed by atoms with van der Waals surface area (Å²) in [5.41, 5.74) is 1.01. The molecule has 1 aliphatic heterocycles. The zero-order chi connectivity index (χ0) is 14.9. The van der Waals surface area contributed by atoms with Gasteiger partial charge in [-0.05, 0) is 32.2 Å². The first-order chi connectivity index (χ1) is 9.45. The number of carbonyl (C=O) groups excluding carboxylic acids is 3. The molecule has 0 radical (unpaired) electrons. The summed E-state index contributed by atoms with van der Waals surface area (Å²) in [6, 6.07) is 4.71. The van der Waals surface area contributed by atoms with Gasteiger partial charge < -0.3 is 10.6 Å². The van der Waals surface area contributed by atoms with Crippen molar-refractivity contribution >= 4 is 30.1 Å². The summed E-state index contributed by atoms with van der Waals surface area (Å²) in [5, 5.41) is 5.78. The lowest BCUT2D eigenvalue weighted by Crippen LogP contribution is -2.37. The molecular weight excluding hydrogens is 294 g/mol. The van der Waals surface area contributed by atoms with Crippen molar-refractivity contribution in [3.05, 3.63) is 34.9 Å². The number of fused-ring (bicyclic) bond motifs is 1. The third-order valence-corrected chi connectivity index (χ3v) is 3.41. The molecule has 1 aromatic rings.